The quantitative estimate of drug-likeness (QED) is 0.127. The minimum absolute atomic E-state index is 0.0336. The molecule has 0 unspecified atom stereocenters. The minimum atomic E-state index is -3.01. The number of fused-ring (bicyclic) bond motifs is 1. The maximum atomic E-state index is 13.4. The molecule has 13 heteroatoms. The third-order valence-electron chi connectivity index (χ3n) is 7.67. The van der Waals surface area contributed by atoms with Gasteiger partial charge in [0, 0.05) is 57.9 Å². The fraction of sp³-hybridized carbons (Fsp3) is 0.394. The van der Waals surface area contributed by atoms with Gasteiger partial charge >= 0.3 is 6.61 Å². The number of nitrogens with zero attached hydrogens (tertiary/aromatic N) is 6. The molecule has 0 saturated heterocycles. The predicted octanol–water partition coefficient (Wildman–Crippen LogP) is 5.77. The van der Waals surface area contributed by atoms with Gasteiger partial charge in [-0.3, -0.25) is 14.2 Å². The molecule has 0 aliphatic heterocycles. The number of halogens is 2. The molecule has 0 aliphatic carbocycles. The molecule has 10 nitrogen and oxygen atoms in total. The van der Waals surface area contributed by atoms with Crippen molar-refractivity contribution in [2.45, 2.75) is 71.4 Å². The highest BCUT2D eigenvalue weighted by Crippen LogP contribution is 2.28. The van der Waals surface area contributed by atoms with E-state index in [0.29, 0.717) is 47.6 Å². The normalized spacial score (nSPS) is 12.4. The van der Waals surface area contributed by atoms with Gasteiger partial charge in [0.1, 0.15) is 18.1 Å². The Morgan fingerprint density at radius 2 is 1.74 bits per heavy atom. The Bertz CT molecular complexity index is 1870. The average molecular weight is 651 g/mol. The molecule has 0 aliphatic rings. The Morgan fingerprint density at radius 3 is 2.41 bits per heavy atom. The number of benzene rings is 2. The first-order valence-corrected chi connectivity index (χ1v) is 18.8. The van der Waals surface area contributed by atoms with Crippen LogP contribution in [0.4, 0.5) is 8.78 Å². The van der Waals surface area contributed by atoms with E-state index in [1.807, 2.05) is 18.3 Å². The molecule has 46 heavy (non-hydrogen) atoms. The first kappa shape index (κ1) is 33.2. The molecule has 0 radical (unpaired) electrons. The minimum Gasteiger partial charge on any atom is -0.434 e. The van der Waals surface area contributed by atoms with Gasteiger partial charge in [0.05, 0.1) is 23.6 Å². The number of hydrogen-bond donors (Lipinski definition) is 1. The van der Waals surface area contributed by atoms with Crippen LogP contribution in [0.15, 0.2) is 66.0 Å². The zero-order valence-electron chi connectivity index (χ0n) is 27.0. The van der Waals surface area contributed by atoms with Crippen molar-refractivity contribution in [1.29, 1.82) is 0 Å². The fourth-order valence-corrected chi connectivity index (χ4v) is 5.87. The van der Waals surface area contributed by atoms with E-state index < -0.39 is 20.3 Å². The summed E-state index contributed by atoms with van der Waals surface area (Å²) in [6.07, 6.45) is 7.44. The van der Waals surface area contributed by atoms with Gasteiger partial charge < -0.3 is 14.6 Å². The van der Waals surface area contributed by atoms with Crippen molar-refractivity contribution in [3.05, 3.63) is 94.1 Å². The van der Waals surface area contributed by atoms with Crippen molar-refractivity contribution in [2.24, 2.45) is 7.05 Å². The summed E-state index contributed by atoms with van der Waals surface area (Å²) in [7, 11) is 0.461. The summed E-state index contributed by atoms with van der Waals surface area (Å²) in [6, 6.07) is 11.6. The molecular weight excluding hydrogens is 610 g/mol. The molecule has 244 valence electrons. The van der Waals surface area contributed by atoms with E-state index in [0.717, 1.165) is 22.7 Å². The van der Waals surface area contributed by atoms with Crippen molar-refractivity contribution < 1.29 is 23.4 Å². The fourth-order valence-electron chi connectivity index (χ4n) is 5.11. The van der Waals surface area contributed by atoms with Crippen molar-refractivity contribution in [3.8, 4) is 16.9 Å². The summed E-state index contributed by atoms with van der Waals surface area (Å²) in [5, 5.41) is 15.1. The molecule has 0 amide bonds. The standard InChI is InChI=1S/C33H40F2N6O4Si/c1-33(2,43)31-36-17-26(18-37-31)24-8-9-27-28(15-24)41(39(3)30(27)42)20-25-14-22(7-10-29(25)45-32(34)35)13-23-16-38-40(19-23)21-44-11-12-46(4,5)6/h7-10,14-19,32,43H,11-13,20-21H2,1-6H3. The second-order valence-corrected chi connectivity index (χ2v) is 18.8. The van der Waals surface area contributed by atoms with Crippen LogP contribution >= 0.6 is 0 Å². The number of hydrogen-bond acceptors (Lipinski definition) is 7. The molecule has 5 aromatic rings. The predicted molar refractivity (Wildman–Crippen MR) is 175 cm³/mol. The van der Waals surface area contributed by atoms with Gasteiger partial charge in [-0.2, -0.15) is 13.9 Å². The van der Waals surface area contributed by atoms with E-state index in [2.05, 4.69) is 34.7 Å². The molecule has 0 atom stereocenters. The van der Waals surface area contributed by atoms with Crippen LogP contribution in [0.2, 0.25) is 25.7 Å². The highest BCUT2D eigenvalue weighted by atomic mass is 28.3. The van der Waals surface area contributed by atoms with Gasteiger partial charge in [-0.05, 0) is 60.8 Å². The molecule has 2 aromatic carbocycles. The molecule has 1 N–H and O–H groups in total. The molecule has 0 saturated carbocycles. The van der Waals surface area contributed by atoms with Gasteiger partial charge in [-0.15, -0.1) is 0 Å². The highest BCUT2D eigenvalue weighted by Gasteiger charge is 2.20. The second-order valence-electron chi connectivity index (χ2n) is 13.2. The van der Waals surface area contributed by atoms with Crippen LogP contribution in [0, 0.1) is 0 Å². The van der Waals surface area contributed by atoms with Crippen LogP contribution < -0.4 is 10.3 Å². The largest absolute Gasteiger partial charge is 0.434 e. The molecule has 5 rings (SSSR count). The third-order valence-corrected chi connectivity index (χ3v) is 9.37. The van der Waals surface area contributed by atoms with Crippen LogP contribution in [0.5, 0.6) is 5.75 Å². The van der Waals surface area contributed by atoms with Crippen molar-refractivity contribution >= 4 is 19.0 Å². The summed E-state index contributed by atoms with van der Waals surface area (Å²) in [5.41, 5.74) is 2.98. The highest BCUT2D eigenvalue weighted by molar-refractivity contribution is 6.76. The molecule has 0 fully saturated rings. The lowest BCUT2D eigenvalue weighted by Gasteiger charge is -2.16. The first-order chi connectivity index (χ1) is 21.7. The third kappa shape index (κ3) is 7.95. The smallest absolute Gasteiger partial charge is 0.387 e. The van der Waals surface area contributed by atoms with E-state index in [4.69, 9.17) is 9.47 Å². The van der Waals surface area contributed by atoms with Gasteiger partial charge in [0.2, 0.25) is 0 Å². The van der Waals surface area contributed by atoms with E-state index in [1.165, 1.54) is 10.7 Å². The number of rotatable bonds is 13. The summed E-state index contributed by atoms with van der Waals surface area (Å²) < 4.78 is 42.5. The van der Waals surface area contributed by atoms with E-state index in [9.17, 15) is 18.7 Å². The number of ether oxygens (including phenoxy) is 2. The summed E-state index contributed by atoms with van der Waals surface area (Å²) in [6.45, 7) is 8.29. The van der Waals surface area contributed by atoms with E-state index in [1.54, 1.807) is 67.0 Å². The topological polar surface area (TPSA) is 109 Å². The maximum Gasteiger partial charge on any atom is 0.387 e. The number of alkyl halides is 2. The van der Waals surface area contributed by atoms with Crippen molar-refractivity contribution in [3.63, 3.8) is 0 Å². The van der Waals surface area contributed by atoms with Gasteiger partial charge in [-0.1, -0.05) is 31.8 Å². The van der Waals surface area contributed by atoms with E-state index in [-0.39, 0.29) is 17.9 Å². The molecule has 0 bridgehead atoms. The van der Waals surface area contributed by atoms with Crippen molar-refractivity contribution in [2.75, 3.05) is 6.61 Å². The lowest BCUT2D eigenvalue weighted by molar-refractivity contribution is -0.0505. The zero-order chi connectivity index (χ0) is 33.2. The Morgan fingerprint density at radius 1 is 1.00 bits per heavy atom. The summed E-state index contributed by atoms with van der Waals surface area (Å²) >= 11 is 0. The summed E-state index contributed by atoms with van der Waals surface area (Å²) in [5.74, 6) is 0.324. The van der Waals surface area contributed by atoms with Crippen LogP contribution in [-0.2, 0) is 37.1 Å². The van der Waals surface area contributed by atoms with Crippen LogP contribution in [0.1, 0.15) is 36.4 Å². The van der Waals surface area contributed by atoms with Gasteiger partial charge in [0.15, 0.2) is 5.82 Å². The maximum absolute atomic E-state index is 13.4. The first-order valence-electron chi connectivity index (χ1n) is 15.1. The molecular formula is C33H40F2N6O4Si. The molecule has 3 aromatic heterocycles. The Kier molecular flexibility index (Phi) is 9.56. The Balaban J connectivity index is 1.42. The number of aliphatic hydroxyl groups is 1. The average Bonchev–Trinajstić information content (AvgIpc) is 3.53. The SMILES string of the molecule is Cn1c(=O)c2ccc(-c3cnc(C(C)(C)O)nc3)cc2n1Cc1cc(Cc2cnn(COCC[Si](C)(C)C)c2)ccc1OC(F)F. The van der Waals surface area contributed by atoms with Crippen LogP contribution in [-0.4, -0.2) is 55.5 Å². The molecule has 3 heterocycles. The lowest BCUT2D eigenvalue weighted by atomic mass is 10.0. The van der Waals surface area contributed by atoms with Crippen molar-refractivity contribution in [1.82, 2.24) is 29.1 Å². The lowest BCUT2D eigenvalue weighted by Crippen LogP contribution is -2.22. The van der Waals surface area contributed by atoms with Crippen LogP contribution in [0.25, 0.3) is 22.0 Å². The van der Waals surface area contributed by atoms with E-state index >= 15 is 0 Å². The second kappa shape index (κ2) is 13.3. The van der Waals surface area contributed by atoms with Gasteiger partial charge in [0.25, 0.3) is 5.56 Å². The molecule has 0 spiro atoms. The zero-order valence-corrected chi connectivity index (χ0v) is 28.0. The monoisotopic (exact) mass is 650 g/mol. The van der Waals surface area contributed by atoms with Crippen LogP contribution in [0.3, 0.4) is 0 Å². The Labute approximate surface area is 267 Å². The Hall–Kier alpha value is -4.20. The number of aromatic nitrogens is 6. The summed E-state index contributed by atoms with van der Waals surface area (Å²) in [4.78, 5) is 21.8. The van der Waals surface area contributed by atoms with Gasteiger partial charge in [-0.25, -0.2) is 14.6 Å².